The van der Waals surface area contributed by atoms with E-state index < -0.39 is 5.91 Å². The molecule has 3 aromatic rings. The van der Waals surface area contributed by atoms with E-state index in [4.69, 9.17) is 16.2 Å². The van der Waals surface area contributed by atoms with Crippen LogP contribution in [0.3, 0.4) is 0 Å². The second-order valence-corrected chi connectivity index (χ2v) is 6.47. The number of primary amides is 1. The van der Waals surface area contributed by atoms with Gasteiger partial charge in [-0.05, 0) is 19.1 Å². The number of hydrogen-bond acceptors (Lipinski definition) is 8. The number of carbonyl (C=O) groups excluding carboxylic acids is 1. The van der Waals surface area contributed by atoms with Crippen LogP contribution in [0, 0.1) is 0 Å². The molecule has 2 atom stereocenters. The van der Waals surface area contributed by atoms with E-state index in [0.717, 1.165) is 16.6 Å². The molecular weight excluding hydrogens is 360 g/mol. The Morgan fingerprint density at radius 3 is 2.89 bits per heavy atom. The maximum absolute atomic E-state index is 11.8. The van der Waals surface area contributed by atoms with Crippen molar-refractivity contribution in [3.05, 3.63) is 36.2 Å². The summed E-state index contributed by atoms with van der Waals surface area (Å²) < 4.78 is 6.93. The first kappa shape index (κ1) is 19.5. The van der Waals surface area contributed by atoms with Gasteiger partial charge in [-0.3, -0.25) is 9.48 Å². The lowest BCUT2D eigenvalue weighted by Gasteiger charge is -2.19. The largest absolute Gasteiger partial charge is 0.380 e. The van der Waals surface area contributed by atoms with Gasteiger partial charge in [0, 0.05) is 44.5 Å². The van der Waals surface area contributed by atoms with Crippen LogP contribution in [0.5, 0.6) is 0 Å². The van der Waals surface area contributed by atoms with Gasteiger partial charge in [0.15, 0.2) is 0 Å². The Hall–Kier alpha value is -3.24. The Bertz CT molecular complexity index is 987. The molecule has 10 nitrogen and oxygen atoms in total. The monoisotopic (exact) mass is 384 g/mol. The van der Waals surface area contributed by atoms with Crippen molar-refractivity contribution in [3.8, 4) is 0 Å². The highest BCUT2D eigenvalue weighted by Crippen LogP contribution is 2.26. The van der Waals surface area contributed by atoms with E-state index in [9.17, 15) is 4.79 Å². The third kappa shape index (κ3) is 4.18. The molecule has 0 saturated heterocycles. The number of nitrogens with two attached hydrogens (primary N) is 2. The van der Waals surface area contributed by atoms with Crippen molar-refractivity contribution in [2.75, 3.05) is 24.3 Å². The van der Waals surface area contributed by atoms with Gasteiger partial charge in [0.25, 0.3) is 5.91 Å². The minimum absolute atomic E-state index is 0.127. The average molecular weight is 384 g/mol. The molecule has 0 aliphatic rings. The number of rotatable bonds is 8. The zero-order valence-corrected chi connectivity index (χ0v) is 16.0. The first-order valence-electron chi connectivity index (χ1n) is 8.77. The van der Waals surface area contributed by atoms with Crippen LogP contribution in [-0.4, -0.2) is 51.5 Å². The predicted octanol–water partition coefficient (Wildman–Crippen LogP) is 0.980. The van der Waals surface area contributed by atoms with E-state index in [1.54, 1.807) is 11.8 Å². The molecule has 6 N–H and O–H groups in total. The normalized spacial score (nSPS) is 13.3. The minimum atomic E-state index is -0.628. The highest BCUT2D eigenvalue weighted by Gasteiger charge is 2.16. The highest BCUT2D eigenvalue weighted by atomic mass is 16.5. The quantitative estimate of drug-likeness (QED) is 0.449. The van der Waals surface area contributed by atoms with Crippen molar-refractivity contribution in [1.82, 2.24) is 19.7 Å². The third-order valence-electron chi connectivity index (χ3n) is 4.44. The summed E-state index contributed by atoms with van der Waals surface area (Å²) in [5.41, 5.74) is 13.3. The molecular formula is C18H24N8O2. The standard InChI is InChI=1S/C18H24N8O2/c1-10(28-3)13(19)8-22-18-21-7-11(16(20)27)17(24-18)23-14-5-4-6-15-12(14)9-26(2)25-15/h4-7,9-10,13H,8,19H2,1-3H3,(H2,20,27)(H2,21,22,23,24)/t10-,13?/m1/s1. The lowest BCUT2D eigenvalue weighted by Crippen LogP contribution is -2.40. The molecule has 10 heteroatoms. The Kier molecular flexibility index (Phi) is 5.71. The van der Waals surface area contributed by atoms with Gasteiger partial charge < -0.3 is 26.8 Å². The maximum atomic E-state index is 11.8. The van der Waals surface area contributed by atoms with E-state index in [1.165, 1.54) is 6.20 Å². The van der Waals surface area contributed by atoms with Crippen molar-refractivity contribution in [2.45, 2.75) is 19.1 Å². The number of methoxy groups -OCH3 is 1. The fourth-order valence-electron chi connectivity index (χ4n) is 2.69. The molecule has 0 aliphatic carbocycles. The van der Waals surface area contributed by atoms with Gasteiger partial charge in [0.05, 0.1) is 17.3 Å². The summed E-state index contributed by atoms with van der Waals surface area (Å²) in [6, 6.07) is 5.40. The molecule has 148 valence electrons. The van der Waals surface area contributed by atoms with Crippen molar-refractivity contribution in [2.24, 2.45) is 18.5 Å². The Morgan fingerprint density at radius 2 is 2.18 bits per heavy atom. The minimum Gasteiger partial charge on any atom is -0.380 e. The van der Waals surface area contributed by atoms with Crippen LogP contribution in [-0.2, 0) is 11.8 Å². The molecule has 0 spiro atoms. The highest BCUT2D eigenvalue weighted by molar-refractivity contribution is 6.00. The molecule has 1 aromatic carbocycles. The summed E-state index contributed by atoms with van der Waals surface area (Å²) in [4.78, 5) is 20.4. The van der Waals surface area contributed by atoms with Crippen molar-refractivity contribution in [3.63, 3.8) is 0 Å². The molecule has 1 amide bonds. The molecule has 0 bridgehead atoms. The van der Waals surface area contributed by atoms with E-state index in [2.05, 4.69) is 25.7 Å². The molecule has 28 heavy (non-hydrogen) atoms. The molecule has 0 radical (unpaired) electrons. The number of amides is 1. The Balaban J connectivity index is 1.88. The van der Waals surface area contributed by atoms with Crippen molar-refractivity contribution < 1.29 is 9.53 Å². The fraction of sp³-hybridized carbons (Fsp3) is 0.333. The maximum Gasteiger partial charge on any atom is 0.254 e. The van der Waals surface area contributed by atoms with Gasteiger partial charge in [-0.2, -0.15) is 10.1 Å². The number of benzene rings is 1. The lowest BCUT2D eigenvalue weighted by molar-refractivity contribution is 0.0989. The molecule has 0 fully saturated rings. The van der Waals surface area contributed by atoms with Gasteiger partial charge in [-0.25, -0.2) is 4.98 Å². The average Bonchev–Trinajstić information content (AvgIpc) is 3.06. The summed E-state index contributed by atoms with van der Waals surface area (Å²) >= 11 is 0. The van der Waals surface area contributed by atoms with Crippen molar-refractivity contribution >= 4 is 34.3 Å². The van der Waals surface area contributed by atoms with E-state index in [-0.39, 0.29) is 17.7 Å². The summed E-state index contributed by atoms with van der Waals surface area (Å²) in [6.45, 7) is 2.29. The Labute approximate surface area is 162 Å². The zero-order valence-electron chi connectivity index (χ0n) is 16.0. The third-order valence-corrected chi connectivity index (χ3v) is 4.44. The van der Waals surface area contributed by atoms with Crippen LogP contribution in [0.4, 0.5) is 17.5 Å². The number of anilines is 3. The van der Waals surface area contributed by atoms with Crippen LogP contribution < -0.4 is 22.1 Å². The lowest BCUT2D eigenvalue weighted by atomic mass is 10.2. The number of aryl methyl sites for hydroxylation is 1. The number of aromatic nitrogens is 4. The van der Waals surface area contributed by atoms with Gasteiger partial charge in [-0.15, -0.1) is 0 Å². The number of ether oxygens (including phenoxy) is 1. The topological polar surface area (TPSA) is 146 Å². The molecule has 2 aromatic heterocycles. The van der Waals surface area contributed by atoms with Gasteiger partial charge >= 0.3 is 0 Å². The SMILES string of the molecule is CO[C@H](C)C(N)CNc1ncc(C(N)=O)c(Nc2cccc3nn(C)cc23)n1. The second kappa shape index (κ2) is 8.19. The zero-order chi connectivity index (χ0) is 20.3. The van der Waals surface area contributed by atoms with Crippen LogP contribution in [0.2, 0.25) is 0 Å². The van der Waals surface area contributed by atoms with Gasteiger partial charge in [-0.1, -0.05) is 6.07 Å². The van der Waals surface area contributed by atoms with E-state index >= 15 is 0 Å². The predicted molar refractivity (Wildman–Crippen MR) is 107 cm³/mol. The first-order valence-corrected chi connectivity index (χ1v) is 8.77. The first-order chi connectivity index (χ1) is 13.4. The van der Waals surface area contributed by atoms with Crippen LogP contribution in [0.15, 0.2) is 30.6 Å². The number of carbonyl (C=O) groups is 1. The van der Waals surface area contributed by atoms with E-state index in [0.29, 0.717) is 18.3 Å². The molecule has 0 saturated carbocycles. The van der Waals surface area contributed by atoms with E-state index in [1.807, 2.05) is 38.4 Å². The number of nitrogens with zero attached hydrogens (tertiary/aromatic N) is 4. The second-order valence-electron chi connectivity index (χ2n) is 6.47. The van der Waals surface area contributed by atoms with Gasteiger partial charge in [0.1, 0.15) is 11.4 Å². The van der Waals surface area contributed by atoms with Gasteiger partial charge in [0.2, 0.25) is 5.95 Å². The summed E-state index contributed by atoms with van der Waals surface area (Å²) in [6.07, 6.45) is 3.14. The van der Waals surface area contributed by atoms with Crippen LogP contribution in [0.1, 0.15) is 17.3 Å². The number of nitrogens with one attached hydrogen (secondary N) is 2. The summed E-state index contributed by atoms with van der Waals surface area (Å²) in [5, 5.41) is 11.5. The fourth-order valence-corrected chi connectivity index (χ4v) is 2.69. The molecule has 2 heterocycles. The molecule has 1 unspecified atom stereocenters. The Morgan fingerprint density at radius 1 is 1.39 bits per heavy atom. The summed E-state index contributed by atoms with van der Waals surface area (Å²) in [7, 11) is 3.44. The smallest absolute Gasteiger partial charge is 0.254 e. The van der Waals surface area contributed by atoms with Crippen molar-refractivity contribution in [1.29, 1.82) is 0 Å². The number of hydrogen-bond donors (Lipinski definition) is 4. The van der Waals surface area contributed by atoms with Crippen LogP contribution >= 0.6 is 0 Å². The number of fused-ring (bicyclic) bond motifs is 1. The molecule has 0 aliphatic heterocycles. The van der Waals surface area contributed by atoms with Crippen LogP contribution in [0.25, 0.3) is 10.9 Å². The summed E-state index contributed by atoms with van der Waals surface area (Å²) in [5.74, 6) is -0.00329. The molecule has 3 rings (SSSR count).